The molecule has 2 rings (SSSR count). The molecule has 0 radical (unpaired) electrons. The zero-order chi connectivity index (χ0) is 12.3. The molecule has 0 saturated carbocycles. The van der Waals surface area contributed by atoms with Gasteiger partial charge in [-0.15, -0.1) is 0 Å². The van der Waals surface area contributed by atoms with Crippen LogP contribution in [0.15, 0.2) is 41.0 Å². The number of pyridine rings is 1. The first-order valence-electron chi connectivity index (χ1n) is 4.91. The Balaban J connectivity index is 2.22. The van der Waals surface area contributed by atoms with E-state index in [1.807, 2.05) is 18.2 Å². The Morgan fingerprint density at radius 1 is 1.24 bits per heavy atom. The van der Waals surface area contributed by atoms with Gasteiger partial charge in [0.15, 0.2) is 0 Å². The third kappa shape index (κ3) is 2.94. The van der Waals surface area contributed by atoms with E-state index in [1.54, 1.807) is 13.2 Å². The van der Waals surface area contributed by atoms with Crippen molar-refractivity contribution in [1.29, 1.82) is 0 Å². The molecular formula is C12H10BrFN2O. The predicted octanol–water partition coefficient (Wildman–Crippen LogP) is 3.74. The van der Waals surface area contributed by atoms with Crippen LogP contribution in [0.3, 0.4) is 0 Å². The maximum Gasteiger partial charge on any atom is 0.214 e. The van der Waals surface area contributed by atoms with E-state index >= 15 is 0 Å². The summed E-state index contributed by atoms with van der Waals surface area (Å²) in [5.41, 5.74) is 1.48. The number of nitrogens with one attached hydrogen (secondary N) is 1. The van der Waals surface area contributed by atoms with Crippen molar-refractivity contribution in [2.75, 3.05) is 12.4 Å². The van der Waals surface area contributed by atoms with Crippen molar-refractivity contribution in [2.24, 2.45) is 0 Å². The fourth-order valence-electron chi connectivity index (χ4n) is 1.39. The van der Waals surface area contributed by atoms with Gasteiger partial charge in [-0.1, -0.05) is 0 Å². The molecule has 0 aliphatic heterocycles. The van der Waals surface area contributed by atoms with E-state index in [1.165, 1.54) is 12.3 Å². The highest BCUT2D eigenvalue weighted by Gasteiger charge is 2.02. The summed E-state index contributed by atoms with van der Waals surface area (Å²) in [5, 5.41) is 3.07. The Kier molecular flexibility index (Phi) is 3.58. The third-order valence-corrected chi connectivity index (χ3v) is 2.79. The molecule has 0 unspecified atom stereocenters. The average molecular weight is 297 g/mol. The van der Waals surface area contributed by atoms with E-state index in [4.69, 9.17) is 4.74 Å². The minimum Gasteiger partial charge on any atom is -0.496 e. The molecule has 1 heterocycles. The number of hydrogen-bond acceptors (Lipinski definition) is 3. The molecule has 0 bridgehead atoms. The second-order valence-corrected chi connectivity index (χ2v) is 4.20. The van der Waals surface area contributed by atoms with Gasteiger partial charge in [0.2, 0.25) is 5.95 Å². The number of benzene rings is 1. The van der Waals surface area contributed by atoms with E-state index < -0.39 is 5.95 Å². The highest BCUT2D eigenvalue weighted by molar-refractivity contribution is 9.10. The van der Waals surface area contributed by atoms with Crippen molar-refractivity contribution in [3.8, 4) is 5.75 Å². The SMILES string of the molecule is COc1ccc(Nc2ccnc(F)c2)cc1Br. The van der Waals surface area contributed by atoms with Gasteiger partial charge in [-0.2, -0.15) is 4.39 Å². The van der Waals surface area contributed by atoms with Crippen molar-refractivity contribution in [1.82, 2.24) is 4.98 Å². The summed E-state index contributed by atoms with van der Waals surface area (Å²) >= 11 is 3.38. The van der Waals surface area contributed by atoms with Gasteiger partial charge < -0.3 is 10.1 Å². The van der Waals surface area contributed by atoms with Crippen LogP contribution >= 0.6 is 15.9 Å². The second kappa shape index (κ2) is 5.14. The van der Waals surface area contributed by atoms with Crippen LogP contribution in [-0.4, -0.2) is 12.1 Å². The highest BCUT2D eigenvalue weighted by atomic mass is 79.9. The molecule has 0 saturated heterocycles. The molecule has 1 N–H and O–H groups in total. The Bertz CT molecular complexity index is 534. The molecule has 0 aliphatic carbocycles. The smallest absolute Gasteiger partial charge is 0.214 e. The Morgan fingerprint density at radius 3 is 2.65 bits per heavy atom. The largest absolute Gasteiger partial charge is 0.496 e. The van der Waals surface area contributed by atoms with Gasteiger partial charge in [0.25, 0.3) is 0 Å². The van der Waals surface area contributed by atoms with Crippen molar-refractivity contribution in [3.05, 3.63) is 46.9 Å². The van der Waals surface area contributed by atoms with E-state index in [0.717, 1.165) is 15.9 Å². The zero-order valence-electron chi connectivity index (χ0n) is 9.08. The summed E-state index contributed by atoms with van der Waals surface area (Å²) in [6.07, 6.45) is 1.41. The van der Waals surface area contributed by atoms with Gasteiger partial charge in [0, 0.05) is 23.6 Å². The number of rotatable bonds is 3. The Hall–Kier alpha value is -1.62. The molecule has 0 aliphatic rings. The number of anilines is 2. The predicted molar refractivity (Wildman–Crippen MR) is 68.2 cm³/mol. The third-order valence-electron chi connectivity index (χ3n) is 2.17. The summed E-state index contributed by atoms with van der Waals surface area (Å²) < 4.78 is 18.8. The normalized spacial score (nSPS) is 10.1. The lowest BCUT2D eigenvalue weighted by Gasteiger charge is -2.08. The number of aromatic nitrogens is 1. The Labute approximate surface area is 107 Å². The van der Waals surface area contributed by atoms with Crippen molar-refractivity contribution in [3.63, 3.8) is 0 Å². The van der Waals surface area contributed by atoms with Crippen LogP contribution in [0.4, 0.5) is 15.8 Å². The summed E-state index contributed by atoms with van der Waals surface area (Å²) in [4.78, 5) is 3.49. The fraction of sp³-hybridized carbons (Fsp3) is 0.0833. The van der Waals surface area contributed by atoms with Crippen LogP contribution in [0.1, 0.15) is 0 Å². The second-order valence-electron chi connectivity index (χ2n) is 3.34. The van der Waals surface area contributed by atoms with Gasteiger partial charge in [-0.05, 0) is 40.2 Å². The van der Waals surface area contributed by atoms with E-state index in [0.29, 0.717) is 5.69 Å². The van der Waals surface area contributed by atoms with Gasteiger partial charge in [-0.25, -0.2) is 4.98 Å². The summed E-state index contributed by atoms with van der Waals surface area (Å²) in [7, 11) is 1.60. The van der Waals surface area contributed by atoms with Gasteiger partial charge in [0.05, 0.1) is 11.6 Å². The van der Waals surface area contributed by atoms with Crippen LogP contribution in [-0.2, 0) is 0 Å². The quantitative estimate of drug-likeness (QED) is 0.876. The van der Waals surface area contributed by atoms with Crippen LogP contribution in [0.2, 0.25) is 0 Å². The molecule has 1 aromatic heterocycles. The number of ether oxygens (including phenoxy) is 1. The lowest BCUT2D eigenvalue weighted by molar-refractivity contribution is 0.412. The summed E-state index contributed by atoms with van der Waals surface area (Å²) in [6, 6.07) is 8.56. The average Bonchev–Trinajstić information content (AvgIpc) is 2.29. The zero-order valence-corrected chi connectivity index (χ0v) is 10.7. The number of nitrogens with zero attached hydrogens (tertiary/aromatic N) is 1. The van der Waals surface area contributed by atoms with E-state index in [9.17, 15) is 4.39 Å². The fourth-order valence-corrected chi connectivity index (χ4v) is 1.93. The van der Waals surface area contributed by atoms with Crippen LogP contribution in [0, 0.1) is 5.95 Å². The lowest BCUT2D eigenvalue weighted by atomic mass is 10.3. The van der Waals surface area contributed by atoms with Crippen LogP contribution < -0.4 is 10.1 Å². The standard InChI is InChI=1S/C12H10BrFN2O/c1-17-11-3-2-8(6-10(11)13)16-9-4-5-15-12(14)7-9/h2-7H,1H3,(H,15,16). The molecule has 0 atom stereocenters. The molecule has 2 aromatic rings. The number of halogens is 2. The Morgan fingerprint density at radius 2 is 2.00 bits per heavy atom. The molecule has 0 spiro atoms. The first kappa shape index (κ1) is 11.9. The summed E-state index contributed by atoms with van der Waals surface area (Å²) in [5.74, 6) is 0.235. The van der Waals surface area contributed by atoms with Crippen molar-refractivity contribution >= 4 is 27.3 Å². The van der Waals surface area contributed by atoms with Crippen molar-refractivity contribution < 1.29 is 9.13 Å². The highest BCUT2D eigenvalue weighted by Crippen LogP contribution is 2.29. The van der Waals surface area contributed by atoms with Crippen LogP contribution in [0.5, 0.6) is 5.75 Å². The maximum absolute atomic E-state index is 12.9. The first-order chi connectivity index (χ1) is 8.19. The molecular weight excluding hydrogens is 287 g/mol. The molecule has 1 aromatic carbocycles. The van der Waals surface area contributed by atoms with Gasteiger partial charge in [-0.3, -0.25) is 0 Å². The molecule has 5 heteroatoms. The van der Waals surface area contributed by atoms with Crippen molar-refractivity contribution in [2.45, 2.75) is 0 Å². The minimum absolute atomic E-state index is 0.512. The summed E-state index contributed by atoms with van der Waals surface area (Å²) in [6.45, 7) is 0. The lowest BCUT2D eigenvalue weighted by Crippen LogP contribution is -1.93. The molecule has 3 nitrogen and oxygen atoms in total. The van der Waals surface area contributed by atoms with E-state index in [2.05, 4.69) is 26.2 Å². The molecule has 0 fully saturated rings. The van der Waals surface area contributed by atoms with E-state index in [-0.39, 0.29) is 0 Å². The monoisotopic (exact) mass is 296 g/mol. The number of methoxy groups -OCH3 is 1. The van der Waals surface area contributed by atoms with Crippen LogP contribution in [0.25, 0.3) is 0 Å². The minimum atomic E-state index is -0.512. The molecule has 17 heavy (non-hydrogen) atoms. The molecule has 88 valence electrons. The van der Waals surface area contributed by atoms with Gasteiger partial charge in [0.1, 0.15) is 5.75 Å². The molecule has 0 amide bonds. The van der Waals surface area contributed by atoms with Gasteiger partial charge >= 0.3 is 0 Å². The number of hydrogen-bond donors (Lipinski definition) is 1. The topological polar surface area (TPSA) is 34.1 Å². The first-order valence-corrected chi connectivity index (χ1v) is 5.70. The maximum atomic E-state index is 12.9.